The average Bonchev–Trinajstić information content (AvgIpc) is 2.53. The SMILES string of the molecule is CO[C@@]1(C)C[C@@H](N(C)CCC(=O)Nc2cc(N)ccc2F)C1(C)C. The summed E-state index contributed by atoms with van der Waals surface area (Å²) in [5.41, 5.74) is 6.03. The van der Waals surface area contributed by atoms with Gasteiger partial charge >= 0.3 is 0 Å². The number of hydrogen-bond acceptors (Lipinski definition) is 4. The minimum absolute atomic E-state index is 0.00691. The van der Waals surface area contributed by atoms with Gasteiger partial charge in [-0.3, -0.25) is 4.79 Å². The van der Waals surface area contributed by atoms with Crippen LogP contribution >= 0.6 is 0 Å². The lowest BCUT2D eigenvalue weighted by Gasteiger charge is -2.61. The number of hydrogen-bond donors (Lipinski definition) is 2. The van der Waals surface area contributed by atoms with E-state index >= 15 is 0 Å². The van der Waals surface area contributed by atoms with E-state index in [4.69, 9.17) is 10.5 Å². The average molecular weight is 337 g/mol. The fraction of sp³-hybridized carbons (Fsp3) is 0.611. The van der Waals surface area contributed by atoms with Crippen molar-refractivity contribution < 1.29 is 13.9 Å². The number of nitrogens with one attached hydrogen (secondary N) is 1. The monoisotopic (exact) mass is 337 g/mol. The molecular weight excluding hydrogens is 309 g/mol. The molecule has 1 aliphatic carbocycles. The summed E-state index contributed by atoms with van der Waals surface area (Å²) in [6.07, 6.45) is 1.22. The summed E-state index contributed by atoms with van der Waals surface area (Å²) in [5, 5.41) is 2.58. The maximum Gasteiger partial charge on any atom is 0.225 e. The van der Waals surface area contributed by atoms with Crippen molar-refractivity contribution in [3.8, 4) is 0 Å². The smallest absolute Gasteiger partial charge is 0.225 e. The molecule has 6 heteroatoms. The number of carbonyl (C=O) groups excluding carboxylic acids is 1. The van der Waals surface area contributed by atoms with E-state index in [0.29, 0.717) is 24.7 Å². The van der Waals surface area contributed by atoms with Crippen molar-refractivity contribution in [1.82, 2.24) is 4.90 Å². The number of amides is 1. The molecule has 0 radical (unpaired) electrons. The molecule has 2 atom stereocenters. The highest BCUT2D eigenvalue weighted by Gasteiger charge is 2.58. The first-order valence-electron chi connectivity index (χ1n) is 8.21. The molecule has 1 amide bonds. The number of nitrogens with two attached hydrogens (primary N) is 1. The number of anilines is 2. The van der Waals surface area contributed by atoms with E-state index in [1.807, 2.05) is 7.05 Å². The molecule has 0 aliphatic heterocycles. The summed E-state index contributed by atoms with van der Waals surface area (Å²) in [6, 6.07) is 4.49. The molecule has 1 aromatic carbocycles. The second-order valence-electron chi connectivity index (χ2n) is 7.39. The maximum absolute atomic E-state index is 13.7. The molecule has 0 spiro atoms. The third-order valence-electron chi connectivity index (χ3n) is 5.72. The van der Waals surface area contributed by atoms with Crippen molar-refractivity contribution in [2.24, 2.45) is 5.41 Å². The van der Waals surface area contributed by atoms with Gasteiger partial charge in [0.1, 0.15) is 5.82 Å². The van der Waals surface area contributed by atoms with Crippen molar-refractivity contribution in [3.63, 3.8) is 0 Å². The van der Waals surface area contributed by atoms with Crippen LogP contribution in [0.2, 0.25) is 0 Å². The second kappa shape index (κ2) is 6.69. The van der Waals surface area contributed by atoms with Crippen molar-refractivity contribution in [2.75, 3.05) is 31.8 Å². The van der Waals surface area contributed by atoms with Gasteiger partial charge in [-0.05, 0) is 38.6 Å². The van der Waals surface area contributed by atoms with Gasteiger partial charge in [-0.1, -0.05) is 13.8 Å². The van der Waals surface area contributed by atoms with E-state index in [2.05, 4.69) is 31.0 Å². The van der Waals surface area contributed by atoms with E-state index in [1.54, 1.807) is 7.11 Å². The molecule has 0 unspecified atom stereocenters. The highest BCUT2D eigenvalue weighted by molar-refractivity contribution is 5.91. The molecule has 0 aromatic heterocycles. The zero-order valence-corrected chi connectivity index (χ0v) is 15.1. The molecule has 1 fully saturated rings. The molecule has 134 valence electrons. The van der Waals surface area contributed by atoms with Crippen molar-refractivity contribution in [3.05, 3.63) is 24.0 Å². The van der Waals surface area contributed by atoms with Crippen molar-refractivity contribution in [1.29, 1.82) is 0 Å². The summed E-state index contributed by atoms with van der Waals surface area (Å²) < 4.78 is 19.3. The number of ether oxygens (including phenoxy) is 1. The molecule has 5 nitrogen and oxygen atoms in total. The van der Waals surface area contributed by atoms with Crippen molar-refractivity contribution >= 4 is 17.3 Å². The molecule has 2 rings (SSSR count). The predicted octanol–water partition coefficient (Wildman–Crippen LogP) is 2.87. The Hall–Kier alpha value is -1.66. The summed E-state index contributed by atoms with van der Waals surface area (Å²) in [6.45, 7) is 7.09. The second-order valence-corrected chi connectivity index (χ2v) is 7.39. The maximum atomic E-state index is 13.7. The lowest BCUT2D eigenvalue weighted by molar-refractivity contribution is -0.205. The highest BCUT2D eigenvalue weighted by atomic mass is 19.1. The lowest BCUT2D eigenvalue weighted by atomic mass is 9.55. The molecule has 0 bridgehead atoms. The Morgan fingerprint density at radius 3 is 2.71 bits per heavy atom. The standard InChI is InChI=1S/C18H28FN3O2/c1-17(2)15(11-18(17,3)24-5)22(4)9-8-16(23)21-14-10-12(20)6-7-13(14)19/h6-7,10,15H,8-9,11,20H2,1-5H3,(H,21,23)/t15-,18+/m1/s1. The Morgan fingerprint density at radius 1 is 1.46 bits per heavy atom. The zero-order chi connectivity index (χ0) is 18.1. The topological polar surface area (TPSA) is 67.6 Å². The summed E-state index contributed by atoms with van der Waals surface area (Å²) in [4.78, 5) is 14.3. The molecule has 24 heavy (non-hydrogen) atoms. The Labute approximate surface area is 143 Å². The van der Waals surface area contributed by atoms with Gasteiger partial charge in [0, 0.05) is 37.2 Å². The first-order valence-corrected chi connectivity index (χ1v) is 8.21. The van der Waals surface area contributed by atoms with Gasteiger partial charge in [-0.2, -0.15) is 0 Å². The molecule has 0 saturated heterocycles. The molecule has 0 heterocycles. The van der Waals surface area contributed by atoms with Crippen molar-refractivity contribution in [2.45, 2.75) is 45.3 Å². The van der Waals surface area contributed by atoms with E-state index in [9.17, 15) is 9.18 Å². The first kappa shape index (κ1) is 18.7. The van der Waals surface area contributed by atoms with Crippen LogP contribution in [0.1, 0.15) is 33.6 Å². The largest absolute Gasteiger partial charge is 0.399 e. The molecule has 1 saturated carbocycles. The Morgan fingerprint density at radius 2 is 2.12 bits per heavy atom. The molecule has 3 N–H and O–H groups in total. The normalized spacial score (nSPS) is 25.4. The van der Waals surface area contributed by atoms with Crippen LogP contribution in [0.3, 0.4) is 0 Å². The van der Waals surface area contributed by atoms with Gasteiger partial charge in [0.05, 0.1) is 11.3 Å². The fourth-order valence-corrected chi connectivity index (χ4v) is 3.45. The highest BCUT2D eigenvalue weighted by Crippen LogP contribution is 2.53. The predicted molar refractivity (Wildman–Crippen MR) is 94.3 cm³/mol. The molecule has 1 aliphatic rings. The Bertz CT molecular complexity index is 620. The lowest BCUT2D eigenvalue weighted by Crippen LogP contribution is -2.68. The first-order chi connectivity index (χ1) is 11.1. The van der Waals surface area contributed by atoms with Crippen LogP contribution in [0.25, 0.3) is 0 Å². The minimum atomic E-state index is -0.484. The number of methoxy groups -OCH3 is 1. The van der Waals surface area contributed by atoms with Crippen LogP contribution in [0.4, 0.5) is 15.8 Å². The molecule has 1 aromatic rings. The summed E-state index contributed by atoms with van der Waals surface area (Å²) in [7, 11) is 3.75. The number of nitrogen functional groups attached to an aromatic ring is 1. The number of benzene rings is 1. The zero-order valence-electron chi connectivity index (χ0n) is 15.1. The van der Waals surface area contributed by atoms with E-state index < -0.39 is 5.82 Å². The van der Waals surface area contributed by atoms with E-state index in [1.165, 1.54) is 18.2 Å². The van der Waals surface area contributed by atoms with Crippen LogP contribution < -0.4 is 11.1 Å². The van der Waals surface area contributed by atoms with Crippen LogP contribution in [-0.4, -0.2) is 43.2 Å². The third kappa shape index (κ3) is 3.39. The third-order valence-corrected chi connectivity index (χ3v) is 5.72. The van der Waals surface area contributed by atoms with Gasteiger partial charge in [0.25, 0.3) is 0 Å². The number of halogens is 1. The summed E-state index contributed by atoms with van der Waals surface area (Å²) >= 11 is 0. The van der Waals surface area contributed by atoms with Crippen LogP contribution in [0.15, 0.2) is 18.2 Å². The van der Waals surface area contributed by atoms with E-state index in [-0.39, 0.29) is 22.6 Å². The summed E-state index contributed by atoms with van der Waals surface area (Å²) in [5.74, 6) is -0.708. The number of nitrogens with zero attached hydrogens (tertiary/aromatic N) is 1. The van der Waals surface area contributed by atoms with Gasteiger partial charge in [0.15, 0.2) is 0 Å². The number of rotatable bonds is 6. The Kier molecular flexibility index (Phi) is 5.20. The minimum Gasteiger partial charge on any atom is -0.399 e. The quantitative estimate of drug-likeness (QED) is 0.783. The van der Waals surface area contributed by atoms with Crippen LogP contribution in [0.5, 0.6) is 0 Å². The van der Waals surface area contributed by atoms with Gasteiger partial charge in [-0.15, -0.1) is 0 Å². The van der Waals surface area contributed by atoms with E-state index in [0.717, 1.165) is 6.42 Å². The van der Waals surface area contributed by atoms with Crippen LogP contribution in [0, 0.1) is 11.2 Å². The Balaban J connectivity index is 1.87. The van der Waals surface area contributed by atoms with Gasteiger partial charge in [0.2, 0.25) is 5.91 Å². The van der Waals surface area contributed by atoms with Gasteiger partial charge in [-0.25, -0.2) is 4.39 Å². The van der Waals surface area contributed by atoms with Crippen LogP contribution in [-0.2, 0) is 9.53 Å². The molecular formula is C18H28FN3O2. The number of carbonyl (C=O) groups is 1. The fourth-order valence-electron chi connectivity index (χ4n) is 3.45. The van der Waals surface area contributed by atoms with Gasteiger partial charge < -0.3 is 20.7 Å².